The van der Waals surface area contributed by atoms with E-state index in [1.165, 1.54) is 17.1 Å². The molecule has 1 heterocycles. The molecule has 0 N–H and O–H groups in total. The standard InChI is InChI=1S/C19H34N2O5S/c1-18(2,3)26-17(24)20(11-12-21-15(22)9-10-16(21)23)13-14-25-27(7,8)19(4,5)6/h9-10H,11-14H2,1-8H3. The fraction of sp³-hybridized carbons (Fsp3) is 0.737. The van der Waals surface area contributed by atoms with Crippen LogP contribution < -0.4 is 0 Å². The summed E-state index contributed by atoms with van der Waals surface area (Å²) in [6.45, 7) is 12.8. The van der Waals surface area contributed by atoms with E-state index < -0.39 is 22.0 Å². The fourth-order valence-corrected chi connectivity index (χ4v) is 2.87. The van der Waals surface area contributed by atoms with Crippen molar-refractivity contribution in [2.45, 2.75) is 51.9 Å². The van der Waals surface area contributed by atoms with Gasteiger partial charge >= 0.3 is 6.09 Å². The second kappa shape index (κ2) is 8.65. The maximum atomic E-state index is 12.5. The van der Waals surface area contributed by atoms with E-state index in [-0.39, 0.29) is 29.7 Å². The van der Waals surface area contributed by atoms with Crippen LogP contribution in [0.1, 0.15) is 41.5 Å². The lowest BCUT2D eigenvalue weighted by molar-refractivity contribution is -0.137. The van der Waals surface area contributed by atoms with Gasteiger partial charge in [0.2, 0.25) is 0 Å². The van der Waals surface area contributed by atoms with Crippen LogP contribution in [0.5, 0.6) is 0 Å². The number of hydrogen-bond donors (Lipinski definition) is 0. The Morgan fingerprint density at radius 3 is 2.00 bits per heavy atom. The molecule has 1 aliphatic heterocycles. The molecule has 0 bridgehead atoms. The second-order valence-corrected chi connectivity index (χ2v) is 12.7. The Morgan fingerprint density at radius 1 is 1.04 bits per heavy atom. The van der Waals surface area contributed by atoms with Gasteiger partial charge in [0.1, 0.15) is 5.60 Å². The van der Waals surface area contributed by atoms with Crippen LogP contribution >= 0.6 is 10.3 Å². The first-order valence-electron chi connectivity index (χ1n) is 9.03. The number of rotatable bonds is 7. The third kappa shape index (κ3) is 7.18. The van der Waals surface area contributed by atoms with E-state index in [0.29, 0.717) is 13.2 Å². The molecular formula is C19H34N2O5S. The Labute approximate surface area is 164 Å². The van der Waals surface area contributed by atoms with Crippen LogP contribution in [0.25, 0.3) is 0 Å². The van der Waals surface area contributed by atoms with E-state index in [1.807, 2.05) is 0 Å². The third-order valence-corrected chi connectivity index (χ3v) is 8.07. The minimum Gasteiger partial charge on any atom is -0.444 e. The third-order valence-electron chi connectivity index (χ3n) is 4.36. The molecule has 0 aromatic rings. The quantitative estimate of drug-likeness (QED) is 0.612. The van der Waals surface area contributed by atoms with Crippen molar-refractivity contribution in [3.05, 3.63) is 12.2 Å². The summed E-state index contributed by atoms with van der Waals surface area (Å²) in [6.07, 6.45) is 6.18. The van der Waals surface area contributed by atoms with Crippen LogP contribution in [0.2, 0.25) is 0 Å². The molecular weight excluding hydrogens is 368 g/mol. The van der Waals surface area contributed by atoms with Gasteiger partial charge in [0, 0.05) is 36.5 Å². The zero-order chi connectivity index (χ0) is 21.0. The lowest BCUT2D eigenvalue weighted by Crippen LogP contribution is -2.44. The van der Waals surface area contributed by atoms with Crippen molar-refractivity contribution >= 4 is 28.2 Å². The zero-order valence-electron chi connectivity index (χ0n) is 17.8. The Hall–Kier alpha value is -1.54. The molecule has 8 heteroatoms. The number of ether oxygens (including phenoxy) is 1. The molecule has 0 aliphatic carbocycles. The summed E-state index contributed by atoms with van der Waals surface area (Å²) in [7, 11) is -1.31. The summed E-state index contributed by atoms with van der Waals surface area (Å²) in [6, 6.07) is 0. The van der Waals surface area contributed by atoms with Crippen molar-refractivity contribution in [1.29, 1.82) is 0 Å². The highest BCUT2D eigenvalue weighted by Gasteiger charge is 2.30. The first kappa shape index (κ1) is 23.5. The molecule has 0 fully saturated rings. The van der Waals surface area contributed by atoms with Gasteiger partial charge in [0.05, 0.1) is 6.61 Å². The zero-order valence-corrected chi connectivity index (χ0v) is 18.6. The normalized spacial score (nSPS) is 16.1. The highest BCUT2D eigenvalue weighted by molar-refractivity contribution is 8.29. The van der Waals surface area contributed by atoms with Crippen molar-refractivity contribution in [3.8, 4) is 0 Å². The lowest BCUT2D eigenvalue weighted by Gasteiger charge is -2.44. The van der Waals surface area contributed by atoms with Gasteiger partial charge in [-0.25, -0.2) is 4.79 Å². The average molecular weight is 403 g/mol. The fourth-order valence-electron chi connectivity index (χ4n) is 2.03. The molecule has 3 amide bonds. The molecule has 27 heavy (non-hydrogen) atoms. The van der Waals surface area contributed by atoms with E-state index in [1.54, 1.807) is 20.8 Å². The first-order valence-corrected chi connectivity index (χ1v) is 11.4. The first-order chi connectivity index (χ1) is 12.1. The van der Waals surface area contributed by atoms with Crippen molar-refractivity contribution in [2.24, 2.45) is 0 Å². The highest BCUT2D eigenvalue weighted by atomic mass is 32.3. The average Bonchev–Trinajstić information content (AvgIpc) is 2.78. The molecule has 0 spiro atoms. The Morgan fingerprint density at radius 2 is 1.56 bits per heavy atom. The Balaban J connectivity index is 2.72. The molecule has 0 unspecified atom stereocenters. The molecule has 0 aromatic carbocycles. The largest absolute Gasteiger partial charge is 0.444 e. The second-order valence-electron chi connectivity index (χ2n) is 8.80. The molecule has 0 aromatic heterocycles. The van der Waals surface area contributed by atoms with Crippen LogP contribution in [0, 0.1) is 0 Å². The minimum absolute atomic E-state index is 0.0177. The van der Waals surface area contributed by atoms with Gasteiger partial charge in [-0.2, -0.15) is 0 Å². The maximum absolute atomic E-state index is 12.5. The maximum Gasteiger partial charge on any atom is 0.410 e. The number of amides is 3. The van der Waals surface area contributed by atoms with E-state index >= 15 is 0 Å². The predicted octanol–water partition coefficient (Wildman–Crippen LogP) is 2.94. The van der Waals surface area contributed by atoms with Gasteiger partial charge in [0.25, 0.3) is 11.8 Å². The molecule has 1 aliphatic rings. The van der Waals surface area contributed by atoms with Gasteiger partial charge < -0.3 is 13.8 Å². The van der Waals surface area contributed by atoms with E-state index in [9.17, 15) is 14.4 Å². The molecule has 0 saturated carbocycles. The minimum atomic E-state index is -1.31. The van der Waals surface area contributed by atoms with Crippen molar-refractivity contribution in [3.63, 3.8) is 0 Å². The predicted molar refractivity (Wildman–Crippen MR) is 109 cm³/mol. The van der Waals surface area contributed by atoms with Gasteiger partial charge in [-0.1, -0.05) is 20.8 Å². The van der Waals surface area contributed by atoms with E-state index in [4.69, 9.17) is 8.92 Å². The summed E-state index contributed by atoms with van der Waals surface area (Å²) < 4.78 is 11.6. The Bertz CT molecular complexity index is 584. The molecule has 7 nitrogen and oxygen atoms in total. The number of hydrogen-bond acceptors (Lipinski definition) is 5. The summed E-state index contributed by atoms with van der Waals surface area (Å²) >= 11 is 0. The number of imide groups is 1. The number of carbonyl (C=O) groups is 3. The number of carbonyl (C=O) groups excluding carboxylic acids is 3. The van der Waals surface area contributed by atoms with Crippen molar-refractivity contribution < 1.29 is 23.3 Å². The van der Waals surface area contributed by atoms with Gasteiger partial charge in [-0.3, -0.25) is 14.5 Å². The molecule has 1 rings (SSSR count). The van der Waals surface area contributed by atoms with Gasteiger partial charge in [-0.15, -0.1) is 10.3 Å². The van der Waals surface area contributed by atoms with Crippen LogP contribution in [-0.2, 0) is 18.5 Å². The summed E-state index contributed by atoms with van der Waals surface area (Å²) in [4.78, 5) is 38.6. The van der Waals surface area contributed by atoms with Crippen LogP contribution in [0.15, 0.2) is 12.2 Å². The summed E-state index contributed by atoms with van der Waals surface area (Å²) in [5.41, 5.74) is -0.632. The molecule has 0 saturated heterocycles. The van der Waals surface area contributed by atoms with Crippen LogP contribution in [0.3, 0.4) is 0 Å². The van der Waals surface area contributed by atoms with Gasteiger partial charge in [0.15, 0.2) is 0 Å². The van der Waals surface area contributed by atoms with Crippen molar-refractivity contribution in [2.75, 3.05) is 38.8 Å². The van der Waals surface area contributed by atoms with Crippen LogP contribution in [0.4, 0.5) is 4.79 Å². The number of nitrogens with zero attached hydrogens (tertiary/aromatic N) is 2. The van der Waals surface area contributed by atoms with Gasteiger partial charge in [-0.05, 0) is 33.3 Å². The molecule has 156 valence electrons. The lowest BCUT2D eigenvalue weighted by atomic mass is 10.2. The summed E-state index contributed by atoms with van der Waals surface area (Å²) in [5.74, 6) is -0.725. The smallest absolute Gasteiger partial charge is 0.410 e. The van der Waals surface area contributed by atoms with E-state index in [2.05, 4.69) is 33.3 Å². The Kier molecular flexibility index (Phi) is 7.52. The topological polar surface area (TPSA) is 76.2 Å². The van der Waals surface area contributed by atoms with Crippen LogP contribution in [-0.4, -0.2) is 76.8 Å². The monoisotopic (exact) mass is 402 g/mol. The molecule has 0 radical (unpaired) electrons. The highest BCUT2D eigenvalue weighted by Crippen LogP contribution is 2.53. The molecule has 0 atom stereocenters. The summed E-state index contributed by atoms with van der Waals surface area (Å²) in [5, 5.41) is 0. The van der Waals surface area contributed by atoms with E-state index in [0.717, 1.165) is 4.90 Å². The SMILES string of the molecule is CC(C)(C)OC(=O)N(CCOS(C)(C)C(C)(C)C)CCN1C(=O)C=CC1=O. The van der Waals surface area contributed by atoms with Crippen molar-refractivity contribution in [1.82, 2.24) is 9.80 Å².